The van der Waals surface area contributed by atoms with E-state index in [4.69, 9.17) is 17.3 Å². The highest BCUT2D eigenvalue weighted by molar-refractivity contribution is 6.33. The van der Waals surface area contributed by atoms with Crippen LogP contribution in [0.1, 0.15) is 33.1 Å². The van der Waals surface area contributed by atoms with Crippen LogP contribution in [0.25, 0.3) is 0 Å². The molecule has 0 aliphatic rings. The number of benzene rings is 1. The normalized spacial score (nSPS) is 14.0. The lowest BCUT2D eigenvalue weighted by molar-refractivity contribution is -0.119. The summed E-state index contributed by atoms with van der Waals surface area (Å²) in [6.07, 6.45) is 2.76. The first kappa shape index (κ1) is 15.0. The average Bonchev–Trinajstić information content (AvgIpc) is 2.31. The smallest absolute Gasteiger partial charge is 0.227 e. The van der Waals surface area contributed by atoms with Crippen molar-refractivity contribution in [1.29, 1.82) is 0 Å². The van der Waals surface area contributed by atoms with E-state index < -0.39 is 0 Å². The Kier molecular flexibility index (Phi) is 6.16. The molecule has 1 aromatic rings. The van der Waals surface area contributed by atoms with Gasteiger partial charge in [0.05, 0.1) is 10.7 Å². The Hall–Kier alpha value is -1.06. The van der Waals surface area contributed by atoms with Crippen molar-refractivity contribution in [2.75, 3.05) is 5.32 Å². The predicted octanol–water partition coefficient (Wildman–Crippen LogP) is 3.43. The first-order valence-electron chi connectivity index (χ1n) is 6.31. The van der Waals surface area contributed by atoms with Gasteiger partial charge in [0.2, 0.25) is 5.91 Å². The first-order chi connectivity index (χ1) is 8.50. The van der Waals surface area contributed by atoms with Crippen LogP contribution in [-0.4, -0.2) is 11.9 Å². The van der Waals surface area contributed by atoms with Crippen LogP contribution in [0.5, 0.6) is 0 Å². The largest absolute Gasteiger partial charge is 0.328 e. The van der Waals surface area contributed by atoms with Crippen molar-refractivity contribution >= 4 is 23.2 Å². The zero-order valence-electron chi connectivity index (χ0n) is 10.9. The van der Waals surface area contributed by atoms with E-state index in [0.29, 0.717) is 10.7 Å². The molecular formula is C14H21ClN2O. The monoisotopic (exact) mass is 268 g/mol. The minimum Gasteiger partial charge on any atom is -0.328 e. The van der Waals surface area contributed by atoms with Gasteiger partial charge in [-0.15, -0.1) is 0 Å². The third-order valence-corrected chi connectivity index (χ3v) is 3.21. The lowest BCUT2D eigenvalue weighted by atomic mass is 10.0. The van der Waals surface area contributed by atoms with Gasteiger partial charge in [0.1, 0.15) is 0 Å². The second kappa shape index (κ2) is 7.39. The van der Waals surface area contributed by atoms with Crippen LogP contribution in [0.3, 0.4) is 0 Å². The van der Waals surface area contributed by atoms with Crippen molar-refractivity contribution in [2.24, 2.45) is 11.7 Å². The summed E-state index contributed by atoms with van der Waals surface area (Å²) < 4.78 is 0. The van der Waals surface area contributed by atoms with E-state index in [1.54, 1.807) is 12.1 Å². The summed E-state index contributed by atoms with van der Waals surface area (Å²) in [5.74, 6) is -0.0206. The van der Waals surface area contributed by atoms with Gasteiger partial charge in [-0.1, -0.05) is 37.1 Å². The van der Waals surface area contributed by atoms with Gasteiger partial charge in [-0.05, 0) is 31.9 Å². The first-order valence-corrected chi connectivity index (χ1v) is 6.69. The Morgan fingerprint density at radius 3 is 2.61 bits per heavy atom. The summed E-state index contributed by atoms with van der Waals surface area (Å²) in [7, 11) is 0. The van der Waals surface area contributed by atoms with Gasteiger partial charge in [-0.3, -0.25) is 4.79 Å². The van der Waals surface area contributed by atoms with E-state index in [9.17, 15) is 4.79 Å². The lowest BCUT2D eigenvalue weighted by Gasteiger charge is -2.13. The molecule has 18 heavy (non-hydrogen) atoms. The van der Waals surface area contributed by atoms with Crippen molar-refractivity contribution in [3.8, 4) is 0 Å². The number of anilines is 1. The molecule has 0 aliphatic heterocycles. The zero-order valence-corrected chi connectivity index (χ0v) is 11.7. The number of nitrogens with two attached hydrogens (primary N) is 1. The molecule has 0 heterocycles. The lowest BCUT2D eigenvalue weighted by Crippen LogP contribution is -2.21. The maximum absolute atomic E-state index is 11.9. The van der Waals surface area contributed by atoms with Crippen LogP contribution < -0.4 is 11.1 Å². The van der Waals surface area contributed by atoms with Crippen LogP contribution >= 0.6 is 11.6 Å². The zero-order chi connectivity index (χ0) is 13.5. The Balaban J connectivity index is 2.43. The number of hydrogen-bond acceptors (Lipinski definition) is 2. The second-order valence-electron chi connectivity index (χ2n) is 4.78. The molecule has 0 spiro atoms. The maximum atomic E-state index is 11.9. The summed E-state index contributed by atoms with van der Waals surface area (Å²) in [5, 5.41) is 3.41. The molecule has 0 radical (unpaired) electrons. The highest BCUT2D eigenvalue weighted by Crippen LogP contribution is 2.21. The fraction of sp³-hybridized carbons (Fsp3) is 0.500. The molecule has 4 heteroatoms. The third-order valence-electron chi connectivity index (χ3n) is 2.88. The summed E-state index contributed by atoms with van der Waals surface area (Å²) in [6, 6.07) is 7.45. The number of hydrogen-bond donors (Lipinski definition) is 2. The van der Waals surface area contributed by atoms with Crippen molar-refractivity contribution in [2.45, 2.75) is 39.2 Å². The average molecular weight is 269 g/mol. The number of carbonyl (C=O) groups is 1. The number of nitrogens with one attached hydrogen (secondary N) is 1. The molecule has 2 unspecified atom stereocenters. The minimum absolute atomic E-state index is 0.00720. The van der Waals surface area contributed by atoms with Gasteiger partial charge in [-0.2, -0.15) is 0 Å². The van der Waals surface area contributed by atoms with Crippen LogP contribution in [0.15, 0.2) is 24.3 Å². The predicted molar refractivity (Wildman–Crippen MR) is 76.7 cm³/mol. The SMILES string of the molecule is CC(N)CCCC(C)C(=O)Nc1ccccc1Cl. The second-order valence-corrected chi connectivity index (χ2v) is 5.19. The number of halogens is 1. The molecular weight excluding hydrogens is 248 g/mol. The van der Waals surface area contributed by atoms with E-state index in [0.717, 1.165) is 19.3 Å². The van der Waals surface area contributed by atoms with Crippen LogP contribution in [0, 0.1) is 5.92 Å². The van der Waals surface area contributed by atoms with Crippen molar-refractivity contribution in [3.63, 3.8) is 0 Å². The van der Waals surface area contributed by atoms with E-state index in [1.807, 2.05) is 26.0 Å². The van der Waals surface area contributed by atoms with Crippen molar-refractivity contribution in [3.05, 3.63) is 29.3 Å². The topological polar surface area (TPSA) is 55.1 Å². The molecule has 0 fully saturated rings. The molecule has 1 aromatic carbocycles. The van der Waals surface area contributed by atoms with Crippen LogP contribution in [0.4, 0.5) is 5.69 Å². The van der Waals surface area contributed by atoms with Crippen molar-refractivity contribution < 1.29 is 4.79 Å². The summed E-state index contributed by atoms with van der Waals surface area (Å²) in [5.41, 5.74) is 6.35. The van der Waals surface area contributed by atoms with Gasteiger partial charge in [0, 0.05) is 12.0 Å². The molecule has 1 amide bonds. The minimum atomic E-state index is -0.0278. The van der Waals surface area contributed by atoms with Gasteiger partial charge in [0.15, 0.2) is 0 Å². The van der Waals surface area contributed by atoms with Crippen LogP contribution in [0.2, 0.25) is 5.02 Å². The molecule has 0 aromatic heterocycles. The molecule has 0 saturated heterocycles. The highest BCUT2D eigenvalue weighted by atomic mass is 35.5. The molecule has 2 atom stereocenters. The quantitative estimate of drug-likeness (QED) is 0.830. The molecule has 1 rings (SSSR count). The van der Waals surface area contributed by atoms with E-state index in [-0.39, 0.29) is 17.9 Å². The van der Waals surface area contributed by atoms with E-state index in [2.05, 4.69) is 5.32 Å². The number of amides is 1. The molecule has 0 aliphatic carbocycles. The Bertz CT molecular complexity index is 393. The maximum Gasteiger partial charge on any atom is 0.227 e. The fourth-order valence-electron chi connectivity index (χ4n) is 1.70. The molecule has 100 valence electrons. The van der Waals surface area contributed by atoms with E-state index >= 15 is 0 Å². The molecule has 3 N–H and O–H groups in total. The number of para-hydroxylation sites is 1. The Morgan fingerprint density at radius 1 is 1.33 bits per heavy atom. The van der Waals surface area contributed by atoms with Gasteiger partial charge in [-0.25, -0.2) is 0 Å². The standard InChI is InChI=1S/C14H21ClN2O/c1-10(6-5-7-11(2)16)14(18)17-13-9-4-3-8-12(13)15/h3-4,8-11H,5-7,16H2,1-2H3,(H,17,18). The Labute approximate surface area is 114 Å². The number of rotatable bonds is 6. The molecule has 3 nitrogen and oxygen atoms in total. The third kappa shape index (κ3) is 5.07. The number of carbonyl (C=O) groups excluding carboxylic acids is 1. The van der Waals surface area contributed by atoms with Crippen molar-refractivity contribution in [1.82, 2.24) is 0 Å². The molecule has 0 saturated carbocycles. The summed E-state index contributed by atoms with van der Waals surface area (Å²) >= 11 is 5.99. The summed E-state index contributed by atoms with van der Waals surface area (Å²) in [4.78, 5) is 11.9. The highest BCUT2D eigenvalue weighted by Gasteiger charge is 2.13. The molecule has 0 bridgehead atoms. The van der Waals surface area contributed by atoms with Gasteiger partial charge < -0.3 is 11.1 Å². The fourth-order valence-corrected chi connectivity index (χ4v) is 1.88. The summed E-state index contributed by atoms with van der Waals surface area (Å²) in [6.45, 7) is 3.90. The Morgan fingerprint density at radius 2 is 2.00 bits per heavy atom. The van der Waals surface area contributed by atoms with Crippen LogP contribution in [-0.2, 0) is 4.79 Å². The van der Waals surface area contributed by atoms with Gasteiger partial charge >= 0.3 is 0 Å². The van der Waals surface area contributed by atoms with Gasteiger partial charge in [0.25, 0.3) is 0 Å². The van der Waals surface area contributed by atoms with E-state index in [1.165, 1.54) is 0 Å².